The number of benzene rings is 2. The van der Waals surface area contributed by atoms with Crippen molar-refractivity contribution in [2.75, 3.05) is 0 Å². The Bertz CT molecular complexity index is 1000. The number of aromatic nitrogens is 1. The molecule has 0 unspecified atom stereocenters. The van der Waals surface area contributed by atoms with Crippen LogP contribution < -0.4 is 0 Å². The average Bonchev–Trinajstić information content (AvgIpc) is 2.95. The zero-order valence-corrected chi connectivity index (χ0v) is 13.3. The molecule has 1 aromatic heterocycles. The third kappa shape index (κ3) is 2.81. The number of nitrogens with one attached hydrogen (secondary N) is 1. The number of halogens is 2. The van der Waals surface area contributed by atoms with Crippen LogP contribution in [0.25, 0.3) is 16.5 Å². The van der Waals surface area contributed by atoms with E-state index in [9.17, 15) is 10.5 Å². The lowest BCUT2D eigenvalue weighted by Crippen LogP contribution is -1.92. The van der Waals surface area contributed by atoms with E-state index in [0.717, 1.165) is 16.5 Å². The Morgan fingerprint density at radius 1 is 0.957 bits per heavy atom. The van der Waals surface area contributed by atoms with E-state index in [2.05, 4.69) is 4.98 Å². The Balaban J connectivity index is 2.37. The van der Waals surface area contributed by atoms with Crippen molar-refractivity contribution in [3.05, 3.63) is 75.4 Å². The van der Waals surface area contributed by atoms with Crippen molar-refractivity contribution < 1.29 is 0 Å². The Kier molecular flexibility index (Phi) is 4.08. The maximum atomic E-state index is 9.35. The molecule has 0 saturated heterocycles. The van der Waals surface area contributed by atoms with Crippen LogP contribution in [0.2, 0.25) is 10.0 Å². The summed E-state index contributed by atoms with van der Waals surface area (Å²) in [5, 5.41) is 20.7. The first-order valence-corrected chi connectivity index (χ1v) is 7.47. The van der Waals surface area contributed by atoms with E-state index in [1.165, 1.54) is 0 Å². The molecule has 0 spiro atoms. The van der Waals surface area contributed by atoms with Crippen LogP contribution in [0.15, 0.2) is 54.2 Å². The van der Waals surface area contributed by atoms with Crippen LogP contribution >= 0.6 is 23.2 Å². The summed E-state index contributed by atoms with van der Waals surface area (Å²) in [6, 6.07) is 16.5. The predicted molar refractivity (Wildman–Crippen MR) is 92.0 cm³/mol. The minimum atomic E-state index is 0.0214. The highest BCUT2D eigenvalue weighted by atomic mass is 35.5. The van der Waals surface area contributed by atoms with E-state index in [1.54, 1.807) is 36.5 Å². The van der Waals surface area contributed by atoms with Crippen LogP contribution in [0.3, 0.4) is 0 Å². The number of hydrogen-bond acceptors (Lipinski definition) is 2. The normalized spacial score (nSPS) is 10.1. The van der Waals surface area contributed by atoms with Gasteiger partial charge in [-0.05, 0) is 35.9 Å². The number of rotatable bonds is 2. The second kappa shape index (κ2) is 6.18. The van der Waals surface area contributed by atoms with E-state index in [4.69, 9.17) is 23.2 Å². The number of aromatic amines is 1. The molecule has 0 amide bonds. The summed E-state index contributed by atoms with van der Waals surface area (Å²) in [6.07, 6.45) is 1.77. The fraction of sp³-hybridized carbons (Fsp3) is 0. The molecule has 110 valence electrons. The monoisotopic (exact) mass is 337 g/mol. The van der Waals surface area contributed by atoms with Crippen LogP contribution in [-0.4, -0.2) is 4.98 Å². The fourth-order valence-corrected chi connectivity index (χ4v) is 2.88. The highest BCUT2D eigenvalue weighted by molar-refractivity contribution is 6.31. The average molecular weight is 338 g/mol. The zero-order chi connectivity index (χ0) is 16.4. The van der Waals surface area contributed by atoms with Crippen molar-refractivity contribution in [1.82, 2.24) is 4.98 Å². The second-order valence-electron chi connectivity index (χ2n) is 4.88. The van der Waals surface area contributed by atoms with E-state index in [1.807, 2.05) is 24.3 Å². The van der Waals surface area contributed by atoms with Crippen LogP contribution in [0, 0.1) is 22.7 Å². The number of nitriles is 2. The molecule has 0 aliphatic heterocycles. The summed E-state index contributed by atoms with van der Waals surface area (Å²) >= 11 is 12.2. The first-order valence-electron chi connectivity index (χ1n) is 6.71. The lowest BCUT2D eigenvalue weighted by Gasteiger charge is -2.08. The first kappa shape index (κ1) is 15.2. The molecule has 23 heavy (non-hydrogen) atoms. The molecule has 5 heteroatoms. The number of fused-ring (bicyclic) bond motifs is 1. The lowest BCUT2D eigenvalue weighted by molar-refractivity contribution is 1.43. The Morgan fingerprint density at radius 3 is 2.39 bits per heavy atom. The molecule has 1 N–H and O–H groups in total. The largest absolute Gasteiger partial charge is 0.361 e. The van der Waals surface area contributed by atoms with Gasteiger partial charge >= 0.3 is 0 Å². The summed E-state index contributed by atoms with van der Waals surface area (Å²) in [5.41, 5.74) is 2.87. The van der Waals surface area contributed by atoms with Gasteiger partial charge in [0.15, 0.2) is 0 Å². The fourth-order valence-electron chi connectivity index (χ4n) is 2.51. The van der Waals surface area contributed by atoms with E-state index >= 15 is 0 Å². The molecule has 0 radical (unpaired) electrons. The van der Waals surface area contributed by atoms with Gasteiger partial charge in [-0.3, -0.25) is 0 Å². The molecule has 3 rings (SSSR count). The van der Waals surface area contributed by atoms with Gasteiger partial charge in [0, 0.05) is 38.3 Å². The molecule has 0 bridgehead atoms. The van der Waals surface area contributed by atoms with E-state index in [-0.39, 0.29) is 5.57 Å². The Hall–Kier alpha value is -2.72. The van der Waals surface area contributed by atoms with Crippen LogP contribution in [-0.2, 0) is 0 Å². The van der Waals surface area contributed by atoms with Gasteiger partial charge < -0.3 is 4.98 Å². The SMILES string of the molecule is N#CC(C#N)=C(c1cccc(Cl)c1)c1c[nH]c2ccc(Cl)cc12. The second-order valence-corrected chi connectivity index (χ2v) is 5.75. The minimum Gasteiger partial charge on any atom is -0.361 e. The number of H-pyrrole nitrogens is 1. The maximum absolute atomic E-state index is 9.35. The Morgan fingerprint density at radius 2 is 1.70 bits per heavy atom. The molecule has 0 saturated carbocycles. The quantitative estimate of drug-likeness (QED) is 0.642. The summed E-state index contributed by atoms with van der Waals surface area (Å²) in [6.45, 7) is 0. The van der Waals surface area contributed by atoms with E-state index < -0.39 is 0 Å². The van der Waals surface area contributed by atoms with Gasteiger partial charge in [0.25, 0.3) is 0 Å². The van der Waals surface area contributed by atoms with Gasteiger partial charge in [-0.15, -0.1) is 0 Å². The van der Waals surface area contributed by atoms with Gasteiger partial charge in [-0.1, -0.05) is 35.3 Å². The zero-order valence-electron chi connectivity index (χ0n) is 11.8. The molecule has 0 atom stereocenters. The smallest absolute Gasteiger partial charge is 0.138 e. The minimum absolute atomic E-state index is 0.0214. The third-order valence-corrected chi connectivity index (χ3v) is 3.97. The summed E-state index contributed by atoms with van der Waals surface area (Å²) in [4.78, 5) is 3.14. The molecule has 0 aliphatic rings. The number of hydrogen-bond donors (Lipinski definition) is 1. The predicted octanol–water partition coefficient (Wildman–Crippen LogP) is 5.32. The Labute approximate surface area is 143 Å². The van der Waals surface area contributed by atoms with Crippen LogP contribution in [0.4, 0.5) is 0 Å². The lowest BCUT2D eigenvalue weighted by atomic mass is 9.93. The molecule has 3 aromatic rings. The van der Waals surface area contributed by atoms with Crippen molar-refractivity contribution in [2.45, 2.75) is 0 Å². The van der Waals surface area contributed by atoms with E-state index in [0.29, 0.717) is 21.2 Å². The number of allylic oxidation sites excluding steroid dienone is 1. The number of nitrogens with zero attached hydrogens (tertiary/aromatic N) is 2. The maximum Gasteiger partial charge on any atom is 0.138 e. The molecular weight excluding hydrogens is 329 g/mol. The first-order chi connectivity index (χ1) is 11.1. The van der Waals surface area contributed by atoms with Gasteiger partial charge in [0.05, 0.1) is 0 Å². The van der Waals surface area contributed by atoms with Crippen molar-refractivity contribution >= 4 is 39.7 Å². The third-order valence-electron chi connectivity index (χ3n) is 3.50. The molecule has 3 nitrogen and oxygen atoms in total. The van der Waals surface area contributed by atoms with Crippen LogP contribution in [0.5, 0.6) is 0 Å². The van der Waals surface area contributed by atoms with Crippen molar-refractivity contribution in [1.29, 1.82) is 10.5 Å². The molecular formula is C18H9Cl2N3. The van der Waals surface area contributed by atoms with Gasteiger partial charge in [-0.25, -0.2) is 0 Å². The van der Waals surface area contributed by atoms with Crippen molar-refractivity contribution in [3.8, 4) is 12.1 Å². The highest BCUT2D eigenvalue weighted by Crippen LogP contribution is 2.34. The molecule has 1 heterocycles. The summed E-state index contributed by atoms with van der Waals surface area (Å²) < 4.78 is 0. The molecule has 0 fully saturated rings. The van der Waals surface area contributed by atoms with Crippen LogP contribution in [0.1, 0.15) is 11.1 Å². The van der Waals surface area contributed by atoms with Crippen molar-refractivity contribution in [2.24, 2.45) is 0 Å². The summed E-state index contributed by atoms with van der Waals surface area (Å²) in [7, 11) is 0. The molecule has 0 aliphatic carbocycles. The highest BCUT2D eigenvalue weighted by Gasteiger charge is 2.16. The standard InChI is InChI=1S/C18H9Cl2N3/c19-13-3-1-2-11(6-13)18(12(8-21)9-22)16-10-23-17-5-4-14(20)7-15(16)17/h1-7,10,23H. The van der Waals surface area contributed by atoms with Crippen molar-refractivity contribution in [3.63, 3.8) is 0 Å². The van der Waals surface area contributed by atoms with Gasteiger partial charge in [-0.2, -0.15) is 10.5 Å². The topological polar surface area (TPSA) is 63.4 Å². The summed E-state index contributed by atoms with van der Waals surface area (Å²) in [5.74, 6) is 0. The van der Waals surface area contributed by atoms with Gasteiger partial charge in [0.2, 0.25) is 0 Å². The molecule has 2 aromatic carbocycles. The van der Waals surface area contributed by atoms with Gasteiger partial charge in [0.1, 0.15) is 17.7 Å².